The molecule has 6 nitrogen and oxygen atoms in total. The smallest absolute Gasteiger partial charge is 0.238 e. The minimum absolute atomic E-state index is 0.0000388. The van der Waals surface area contributed by atoms with Gasteiger partial charge in [0.2, 0.25) is 17.7 Å². The largest absolute Gasteiger partial charge is 0.423 e. The standard InChI is InChI=1S/C20H28N4O2/c1-14(2)19-22-23-20(26-19)15(3)21-18(25)13-24-11-9-17(10-12-24)16-7-5-4-6-8-16/h4-8,14-15,17H,9-13H2,1-3H3,(H,21,25)/t15-/m1/s1. The molecule has 0 aliphatic carbocycles. The van der Waals surface area contributed by atoms with Gasteiger partial charge in [-0.25, -0.2) is 0 Å². The summed E-state index contributed by atoms with van der Waals surface area (Å²) in [6.45, 7) is 8.17. The van der Waals surface area contributed by atoms with Gasteiger partial charge in [0.1, 0.15) is 6.04 Å². The molecule has 6 heteroatoms. The lowest BCUT2D eigenvalue weighted by Crippen LogP contribution is -2.41. The summed E-state index contributed by atoms with van der Waals surface area (Å²) in [7, 11) is 0. The van der Waals surface area contributed by atoms with Gasteiger partial charge in [0.25, 0.3) is 0 Å². The van der Waals surface area contributed by atoms with Gasteiger partial charge in [0.05, 0.1) is 6.54 Å². The molecule has 140 valence electrons. The van der Waals surface area contributed by atoms with Crippen molar-refractivity contribution in [1.29, 1.82) is 0 Å². The summed E-state index contributed by atoms with van der Waals surface area (Å²) in [4.78, 5) is 14.6. The number of amides is 1. The van der Waals surface area contributed by atoms with Crippen molar-refractivity contribution in [2.75, 3.05) is 19.6 Å². The summed E-state index contributed by atoms with van der Waals surface area (Å²) >= 11 is 0. The average Bonchev–Trinajstić information content (AvgIpc) is 3.14. The Hall–Kier alpha value is -2.21. The van der Waals surface area contributed by atoms with Crippen molar-refractivity contribution in [3.8, 4) is 0 Å². The Kier molecular flexibility index (Phi) is 6.04. The van der Waals surface area contributed by atoms with Crippen LogP contribution in [0.2, 0.25) is 0 Å². The molecule has 1 aromatic carbocycles. The van der Waals surface area contributed by atoms with Crippen LogP contribution in [0.3, 0.4) is 0 Å². The summed E-state index contributed by atoms with van der Waals surface area (Å²) < 4.78 is 5.61. The number of aromatic nitrogens is 2. The van der Waals surface area contributed by atoms with Gasteiger partial charge >= 0.3 is 0 Å². The number of rotatable bonds is 6. The number of nitrogens with one attached hydrogen (secondary N) is 1. The van der Waals surface area contributed by atoms with Crippen molar-refractivity contribution in [3.05, 3.63) is 47.7 Å². The van der Waals surface area contributed by atoms with E-state index < -0.39 is 0 Å². The molecule has 1 saturated heterocycles. The monoisotopic (exact) mass is 356 g/mol. The maximum atomic E-state index is 12.3. The second-order valence-electron chi connectivity index (χ2n) is 7.38. The van der Waals surface area contributed by atoms with Crippen LogP contribution < -0.4 is 5.32 Å². The van der Waals surface area contributed by atoms with Crippen LogP contribution in [0.4, 0.5) is 0 Å². The molecule has 1 aliphatic rings. The Labute approximate surface area is 155 Å². The van der Waals surface area contributed by atoms with E-state index in [0.717, 1.165) is 25.9 Å². The first-order chi connectivity index (χ1) is 12.5. The third kappa shape index (κ3) is 4.69. The predicted octanol–water partition coefficient (Wildman–Crippen LogP) is 3.25. The van der Waals surface area contributed by atoms with Gasteiger partial charge in [-0.15, -0.1) is 10.2 Å². The second kappa shape index (κ2) is 8.45. The van der Waals surface area contributed by atoms with Gasteiger partial charge in [0, 0.05) is 5.92 Å². The van der Waals surface area contributed by atoms with Crippen molar-refractivity contribution < 1.29 is 9.21 Å². The fourth-order valence-corrected chi connectivity index (χ4v) is 3.36. The molecule has 0 unspecified atom stereocenters. The molecular weight excluding hydrogens is 328 g/mol. The molecule has 1 aliphatic heterocycles. The molecule has 1 atom stereocenters. The van der Waals surface area contributed by atoms with Crippen molar-refractivity contribution in [3.63, 3.8) is 0 Å². The molecule has 0 spiro atoms. The molecule has 2 aromatic rings. The summed E-state index contributed by atoms with van der Waals surface area (Å²) in [5, 5.41) is 11.0. The molecule has 0 bridgehead atoms. The van der Waals surface area contributed by atoms with Gasteiger partial charge in [-0.05, 0) is 44.3 Å². The molecule has 0 radical (unpaired) electrons. The summed E-state index contributed by atoms with van der Waals surface area (Å²) in [6, 6.07) is 10.4. The topological polar surface area (TPSA) is 71.3 Å². The van der Waals surface area contributed by atoms with E-state index >= 15 is 0 Å². The zero-order valence-corrected chi connectivity index (χ0v) is 15.8. The van der Waals surface area contributed by atoms with Gasteiger partial charge in [-0.3, -0.25) is 9.69 Å². The number of benzene rings is 1. The van der Waals surface area contributed by atoms with E-state index in [0.29, 0.717) is 24.2 Å². The normalized spacial score (nSPS) is 17.4. The fraction of sp³-hybridized carbons (Fsp3) is 0.550. The lowest BCUT2D eigenvalue weighted by molar-refractivity contribution is -0.123. The lowest BCUT2D eigenvalue weighted by atomic mass is 9.89. The third-order valence-corrected chi connectivity index (χ3v) is 4.92. The maximum absolute atomic E-state index is 12.3. The van der Waals surface area contributed by atoms with Crippen LogP contribution in [0.25, 0.3) is 0 Å². The average molecular weight is 356 g/mol. The SMILES string of the molecule is CC(C)c1nnc([C@@H](C)NC(=O)CN2CCC(c3ccccc3)CC2)o1. The zero-order chi connectivity index (χ0) is 18.5. The molecular formula is C20H28N4O2. The van der Waals surface area contributed by atoms with Crippen LogP contribution in [0, 0.1) is 0 Å². The summed E-state index contributed by atoms with van der Waals surface area (Å²) in [6.07, 6.45) is 2.18. The van der Waals surface area contributed by atoms with Crippen LogP contribution in [0.15, 0.2) is 34.7 Å². The van der Waals surface area contributed by atoms with Gasteiger partial charge < -0.3 is 9.73 Å². The second-order valence-corrected chi connectivity index (χ2v) is 7.38. The first kappa shape index (κ1) is 18.6. The van der Waals surface area contributed by atoms with E-state index in [-0.39, 0.29) is 17.9 Å². The quantitative estimate of drug-likeness (QED) is 0.860. The Morgan fingerprint density at radius 1 is 1.15 bits per heavy atom. The number of carbonyl (C=O) groups is 1. The minimum atomic E-state index is -0.274. The number of carbonyl (C=O) groups excluding carboxylic acids is 1. The number of piperidine rings is 1. The predicted molar refractivity (Wildman–Crippen MR) is 99.8 cm³/mol. The van der Waals surface area contributed by atoms with Crippen molar-refractivity contribution in [2.24, 2.45) is 0 Å². The van der Waals surface area contributed by atoms with E-state index in [1.165, 1.54) is 5.56 Å². The van der Waals surface area contributed by atoms with Gasteiger partial charge in [-0.2, -0.15) is 0 Å². The summed E-state index contributed by atoms with van der Waals surface area (Å²) in [5.41, 5.74) is 1.41. The highest BCUT2D eigenvalue weighted by Crippen LogP contribution is 2.27. The van der Waals surface area contributed by atoms with Crippen LogP contribution in [0.5, 0.6) is 0 Å². The van der Waals surface area contributed by atoms with Crippen molar-refractivity contribution in [2.45, 2.75) is 51.5 Å². The van der Waals surface area contributed by atoms with Crippen LogP contribution in [0.1, 0.15) is 68.8 Å². The molecule has 1 fully saturated rings. The molecule has 1 amide bonds. The molecule has 1 N–H and O–H groups in total. The van der Waals surface area contributed by atoms with E-state index in [4.69, 9.17) is 4.42 Å². The van der Waals surface area contributed by atoms with Gasteiger partial charge in [-0.1, -0.05) is 44.2 Å². The molecule has 0 saturated carbocycles. The first-order valence-corrected chi connectivity index (χ1v) is 9.43. The third-order valence-electron chi connectivity index (χ3n) is 4.92. The van der Waals surface area contributed by atoms with Crippen LogP contribution in [-0.4, -0.2) is 40.6 Å². The number of hydrogen-bond donors (Lipinski definition) is 1. The van der Waals surface area contributed by atoms with Crippen molar-refractivity contribution >= 4 is 5.91 Å². The Bertz CT molecular complexity index is 706. The molecule has 2 heterocycles. The fourth-order valence-electron chi connectivity index (χ4n) is 3.36. The van der Waals surface area contributed by atoms with E-state index in [1.807, 2.05) is 20.8 Å². The highest BCUT2D eigenvalue weighted by Gasteiger charge is 2.23. The lowest BCUT2D eigenvalue weighted by Gasteiger charge is -2.31. The van der Waals surface area contributed by atoms with Gasteiger partial charge in [0.15, 0.2) is 0 Å². The molecule has 1 aromatic heterocycles. The van der Waals surface area contributed by atoms with Crippen LogP contribution in [-0.2, 0) is 4.79 Å². The number of likely N-dealkylation sites (tertiary alicyclic amines) is 1. The van der Waals surface area contributed by atoms with E-state index in [1.54, 1.807) is 0 Å². The highest BCUT2D eigenvalue weighted by atomic mass is 16.4. The Morgan fingerprint density at radius 2 is 1.81 bits per heavy atom. The first-order valence-electron chi connectivity index (χ1n) is 9.43. The zero-order valence-electron chi connectivity index (χ0n) is 15.8. The molecule has 26 heavy (non-hydrogen) atoms. The van der Waals surface area contributed by atoms with E-state index in [9.17, 15) is 4.79 Å². The molecule has 3 rings (SSSR count). The number of nitrogens with zero attached hydrogens (tertiary/aromatic N) is 3. The van der Waals surface area contributed by atoms with E-state index in [2.05, 4.69) is 50.7 Å². The van der Waals surface area contributed by atoms with Crippen LogP contribution >= 0.6 is 0 Å². The Balaban J connectivity index is 1.45. The minimum Gasteiger partial charge on any atom is -0.423 e. The Morgan fingerprint density at radius 3 is 2.42 bits per heavy atom. The number of hydrogen-bond acceptors (Lipinski definition) is 5. The highest BCUT2D eigenvalue weighted by molar-refractivity contribution is 5.78. The summed E-state index contributed by atoms with van der Waals surface area (Å²) in [5.74, 6) is 1.85. The van der Waals surface area contributed by atoms with Crippen molar-refractivity contribution in [1.82, 2.24) is 20.4 Å². The maximum Gasteiger partial charge on any atom is 0.238 e.